The van der Waals surface area contributed by atoms with Crippen molar-refractivity contribution in [2.75, 3.05) is 0 Å². The number of benzene rings is 3. The van der Waals surface area contributed by atoms with Gasteiger partial charge in [0.2, 0.25) is 10.0 Å². The average Bonchev–Trinajstić information content (AvgIpc) is 2.74. The van der Waals surface area contributed by atoms with E-state index in [2.05, 4.69) is 29.0 Å². The van der Waals surface area contributed by atoms with Crippen LogP contribution in [-0.4, -0.2) is 19.4 Å². The number of hydrogen-bond donors (Lipinski definition) is 1. The average molecular weight is 423 g/mol. The molecule has 154 valence electrons. The third-order valence-electron chi connectivity index (χ3n) is 5.62. The molecule has 0 saturated carbocycles. The molecule has 0 saturated heterocycles. The van der Waals surface area contributed by atoms with Crippen molar-refractivity contribution in [1.82, 2.24) is 4.72 Å². The van der Waals surface area contributed by atoms with Gasteiger partial charge >= 0.3 is 0 Å². The summed E-state index contributed by atoms with van der Waals surface area (Å²) in [6.07, 6.45) is 1.45. The fourth-order valence-electron chi connectivity index (χ4n) is 4.09. The van der Waals surface area contributed by atoms with Crippen molar-refractivity contribution < 1.29 is 13.3 Å². The summed E-state index contributed by atoms with van der Waals surface area (Å²) in [5.74, 6) is -0.108. The number of fused-ring (bicyclic) bond motifs is 1. The minimum atomic E-state index is -3.83. The standard InChI is InChI=1S/C23H22N2O4S/c1-16-6-8-18(9-7-16)23-21-5-3-2-4-17(21)10-15-22(23)24-30(28,29)20-13-11-19(12-14-20)25(26)27/h2-9,11-14,22-24H,10,15H2,1H3/t22-,23-/m1/s1. The Morgan fingerprint density at radius 3 is 2.30 bits per heavy atom. The molecule has 0 aromatic heterocycles. The molecule has 0 amide bonds. The van der Waals surface area contributed by atoms with Crippen molar-refractivity contribution >= 4 is 15.7 Å². The lowest BCUT2D eigenvalue weighted by atomic mass is 9.76. The van der Waals surface area contributed by atoms with Crippen LogP contribution in [-0.2, 0) is 16.4 Å². The number of sulfonamides is 1. The molecule has 0 bridgehead atoms. The maximum Gasteiger partial charge on any atom is 0.269 e. The fourth-order valence-corrected chi connectivity index (χ4v) is 5.37. The first-order valence-electron chi connectivity index (χ1n) is 9.76. The van der Waals surface area contributed by atoms with Gasteiger partial charge in [-0.1, -0.05) is 54.1 Å². The Labute approximate surface area is 175 Å². The maximum atomic E-state index is 13.0. The van der Waals surface area contributed by atoms with Gasteiger partial charge in [0.25, 0.3) is 5.69 Å². The first-order valence-corrected chi connectivity index (χ1v) is 11.2. The summed E-state index contributed by atoms with van der Waals surface area (Å²) in [5.41, 5.74) is 4.42. The van der Waals surface area contributed by atoms with Gasteiger partial charge in [-0.05, 0) is 48.6 Å². The Hall–Kier alpha value is -3.03. The van der Waals surface area contributed by atoms with Crippen molar-refractivity contribution in [1.29, 1.82) is 0 Å². The molecule has 4 rings (SSSR count). The van der Waals surface area contributed by atoms with Gasteiger partial charge in [0.05, 0.1) is 9.82 Å². The molecular weight excluding hydrogens is 400 g/mol. The first-order chi connectivity index (χ1) is 14.3. The topological polar surface area (TPSA) is 89.3 Å². The summed E-state index contributed by atoms with van der Waals surface area (Å²) in [5, 5.41) is 10.9. The third-order valence-corrected chi connectivity index (χ3v) is 7.12. The van der Waals surface area contributed by atoms with E-state index in [1.165, 1.54) is 29.8 Å². The number of rotatable bonds is 5. The predicted octanol–water partition coefficient (Wildman–Crippen LogP) is 4.33. The molecule has 0 radical (unpaired) electrons. The van der Waals surface area contributed by atoms with Crippen molar-refractivity contribution in [2.45, 2.75) is 36.6 Å². The molecule has 3 aromatic rings. The molecule has 3 aromatic carbocycles. The second kappa shape index (κ2) is 8.01. The van der Waals surface area contributed by atoms with Crippen LogP contribution in [0.5, 0.6) is 0 Å². The highest BCUT2D eigenvalue weighted by molar-refractivity contribution is 7.89. The number of nitro groups is 1. The van der Waals surface area contributed by atoms with Crippen LogP contribution in [0.3, 0.4) is 0 Å². The van der Waals surface area contributed by atoms with Gasteiger partial charge in [-0.15, -0.1) is 0 Å². The van der Waals surface area contributed by atoms with E-state index in [9.17, 15) is 18.5 Å². The second-order valence-corrected chi connectivity index (χ2v) is 9.32. The van der Waals surface area contributed by atoms with E-state index in [1.807, 2.05) is 31.2 Å². The summed E-state index contributed by atoms with van der Waals surface area (Å²) < 4.78 is 29.0. The first kappa shape index (κ1) is 20.3. The zero-order chi connectivity index (χ0) is 21.3. The molecule has 7 heteroatoms. The number of nitro benzene ring substituents is 1. The minimum Gasteiger partial charge on any atom is -0.258 e. The van der Waals surface area contributed by atoms with E-state index in [-0.39, 0.29) is 22.5 Å². The minimum absolute atomic E-state index is 0.0228. The van der Waals surface area contributed by atoms with Crippen LogP contribution in [0, 0.1) is 17.0 Å². The van der Waals surface area contributed by atoms with Gasteiger partial charge in [-0.2, -0.15) is 0 Å². The van der Waals surface area contributed by atoms with Crippen molar-refractivity contribution in [3.05, 3.63) is 105 Å². The molecule has 1 aliphatic carbocycles. The Morgan fingerprint density at radius 1 is 0.967 bits per heavy atom. The van der Waals surface area contributed by atoms with Crippen LogP contribution in [0.4, 0.5) is 5.69 Å². The largest absolute Gasteiger partial charge is 0.269 e. The molecule has 1 N–H and O–H groups in total. The van der Waals surface area contributed by atoms with Gasteiger partial charge in [0, 0.05) is 24.1 Å². The maximum absolute atomic E-state index is 13.0. The molecule has 0 aliphatic heterocycles. The second-order valence-electron chi connectivity index (χ2n) is 7.60. The highest BCUT2D eigenvalue weighted by Crippen LogP contribution is 2.37. The van der Waals surface area contributed by atoms with E-state index in [4.69, 9.17) is 0 Å². The van der Waals surface area contributed by atoms with E-state index in [0.29, 0.717) is 6.42 Å². The van der Waals surface area contributed by atoms with Crippen molar-refractivity contribution in [3.8, 4) is 0 Å². The monoisotopic (exact) mass is 422 g/mol. The highest BCUT2D eigenvalue weighted by Gasteiger charge is 2.33. The molecule has 1 aliphatic rings. The van der Waals surface area contributed by atoms with Crippen LogP contribution >= 0.6 is 0 Å². The number of aryl methyl sites for hydroxylation is 2. The fraction of sp³-hybridized carbons (Fsp3) is 0.217. The lowest BCUT2D eigenvalue weighted by Crippen LogP contribution is -2.42. The Kier molecular flexibility index (Phi) is 5.40. The molecule has 0 fully saturated rings. The lowest BCUT2D eigenvalue weighted by Gasteiger charge is -2.34. The Balaban J connectivity index is 1.69. The molecule has 6 nitrogen and oxygen atoms in total. The number of nitrogens with zero attached hydrogens (tertiary/aromatic N) is 1. The van der Waals surface area contributed by atoms with E-state index < -0.39 is 14.9 Å². The van der Waals surface area contributed by atoms with Crippen LogP contribution < -0.4 is 4.72 Å². The summed E-state index contributed by atoms with van der Waals surface area (Å²) in [6, 6.07) is 21.0. The summed E-state index contributed by atoms with van der Waals surface area (Å²) in [7, 11) is -3.83. The third kappa shape index (κ3) is 3.99. The van der Waals surface area contributed by atoms with Gasteiger partial charge in [0.15, 0.2) is 0 Å². The molecule has 0 unspecified atom stereocenters. The lowest BCUT2D eigenvalue weighted by molar-refractivity contribution is -0.384. The van der Waals surface area contributed by atoms with E-state index in [1.54, 1.807) is 0 Å². The smallest absolute Gasteiger partial charge is 0.258 e. The van der Waals surface area contributed by atoms with Crippen LogP contribution in [0.25, 0.3) is 0 Å². The predicted molar refractivity (Wildman–Crippen MR) is 115 cm³/mol. The van der Waals surface area contributed by atoms with Gasteiger partial charge < -0.3 is 0 Å². The Morgan fingerprint density at radius 2 is 1.63 bits per heavy atom. The summed E-state index contributed by atoms with van der Waals surface area (Å²) >= 11 is 0. The quantitative estimate of drug-likeness (QED) is 0.490. The summed E-state index contributed by atoms with van der Waals surface area (Å²) in [6.45, 7) is 2.02. The number of non-ortho nitro benzene ring substituents is 1. The number of nitrogens with one attached hydrogen (secondary N) is 1. The van der Waals surface area contributed by atoms with Gasteiger partial charge in [-0.25, -0.2) is 13.1 Å². The van der Waals surface area contributed by atoms with E-state index in [0.717, 1.165) is 23.1 Å². The van der Waals surface area contributed by atoms with Crippen LogP contribution in [0.1, 0.15) is 34.6 Å². The zero-order valence-corrected chi connectivity index (χ0v) is 17.3. The van der Waals surface area contributed by atoms with Crippen LogP contribution in [0.2, 0.25) is 0 Å². The normalized spacial score (nSPS) is 18.6. The van der Waals surface area contributed by atoms with Crippen molar-refractivity contribution in [2.24, 2.45) is 0 Å². The highest BCUT2D eigenvalue weighted by atomic mass is 32.2. The summed E-state index contributed by atoms with van der Waals surface area (Å²) in [4.78, 5) is 10.3. The molecule has 0 spiro atoms. The van der Waals surface area contributed by atoms with Crippen molar-refractivity contribution in [3.63, 3.8) is 0 Å². The molecule has 0 heterocycles. The zero-order valence-electron chi connectivity index (χ0n) is 16.5. The molecule has 2 atom stereocenters. The van der Waals surface area contributed by atoms with Gasteiger partial charge in [-0.3, -0.25) is 10.1 Å². The van der Waals surface area contributed by atoms with Gasteiger partial charge in [0.1, 0.15) is 0 Å². The number of hydrogen-bond acceptors (Lipinski definition) is 4. The SMILES string of the molecule is Cc1ccc([C@@H]2c3ccccc3CC[C@H]2NS(=O)(=O)c2ccc([N+](=O)[O-])cc2)cc1. The molecular formula is C23H22N2O4S. The van der Waals surface area contributed by atoms with Crippen LogP contribution in [0.15, 0.2) is 77.7 Å². The Bertz CT molecular complexity index is 1170. The van der Waals surface area contributed by atoms with E-state index >= 15 is 0 Å². The molecule has 30 heavy (non-hydrogen) atoms.